The van der Waals surface area contributed by atoms with Crippen molar-refractivity contribution in [3.63, 3.8) is 0 Å². The molecule has 0 spiro atoms. The van der Waals surface area contributed by atoms with Gasteiger partial charge in [-0.1, -0.05) is 0 Å². The Kier molecular flexibility index (Phi) is 5.90. The zero-order valence-corrected chi connectivity index (χ0v) is 19.5. The molecule has 1 fully saturated rings. The standard InChI is InChI=1S/C24H25P.2FH.Ti/c1-6-25(19-11-21-15(2)7-8-16(3)22(21)12-19)20-13-23-17(4)9-10-18(5)24(23)14-20;;;/h7-14H,6H2,1-5H3;2*1H;/q;;;+2/p-2. The Morgan fingerprint density at radius 3 is 1.50 bits per heavy atom. The van der Waals surface area contributed by atoms with Crippen LogP contribution in [0.15, 0.2) is 34.9 Å². The van der Waals surface area contributed by atoms with E-state index in [9.17, 15) is 0 Å². The Hall–Kier alpha value is -1.08. The molecule has 2 aromatic carbocycles. The van der Waals surface area contributed by atoms with Crippen LogP contribution in [0.25, 0.3) is 12.2 Å². The van der Waals surface area contributed by atoms with Gasteiger partial charge >= 0.3 is 168 Å². The molecule has 28 heavy (non-hydrogen) atoms. The van der Waals surface area contributed by atoms with E-state index in [4.69, 9.17) is 0 Å². The predicted octanol–water partition coefficient (Wildman–Crippen LogP) is 1.02. The number of rotatable bonds is 1. The molecule has 0 bridgehead atoms. The third kappa shape index (κ3) is 2.84. The van der Waals surface area contributed by atoms with Gasteiger partial charge in [0, 0.05) is 0 Å². The van der Waals surface area contributed by atoms with Gasteiger partial charge in [0.25, 0.3) is 0 Å². The molecule has 3 aliphatic rings. The third-order valence-electron chi connectivity index (χ3n) is 6.47. The fraction of sp³-hybridized carbons (Fsp3) is 0.333. The maximum absolute atomic E-state index is 2.61. The molecule has 0 aromatic heterocycles. The summed E-state index contributed by atoms with van der Waals surface area (Å²) >= 11 is -0.131. The Morgan fingerprint density at radius 1 is 0.714 bits per heavy atom. The summed E-state index contributed by atoms with van der Waals surface area (Å²) in [6, 6.07) is 9.35. The normalized spacial score (nSPS) is 22.8. The first kappa shape index (κ1) is 21.6. The largest absolute Gasteiger partial charge is 1.00 e. The third-order valence-corrected chi connectivity index (χ3v) is 12.8. The molecule has 144 valence electrons. The number of aryl methyl sites for hydroxylation is 4. The van der Waals surface area contributed by atoms with Crippen molar-refractivity contribution in [3.05, 3.63) is 79.4 Å². The molecular formula is C24H25F2PTi. The number of benzene rings is 2. The van der Waals surface area contributed by atoms with Crippen LogP contribution in [0.4, 0.5) is 0 Å². The van der Waals surface area contributed by atoms with Crippen LogP contribution in [0.1, 0.15) is 59.9 Å². The van der Waals surface area contributed by atoms with Gasteiger partial charge in [-0.3, -0.25) is 0 Å². The Balaban J connectivity index is 0.00000112. The molecule has 0 amide bonds. The molecule has 2 atom stereocenters. The van der Waals surface area contributed by atoms with Gasteiger partial charge in [-0.05, 0) is 0 Å². The molecule has 2 aliphatic carbocycles. The van der Waals surface area contributed by atoms with E-state index >= 15 is 0 Å². The first-order chi connectivity index (χ1) is 12.5. The first-order valence-electron chi connectivity index (χ1n) is 9.68. The van der Waals surface area contributed by atoms with Crippen molar-refractivity contribution in [3.8, 4) is 0 Å². The minimum absolute atomic E-state index is 0. The van der Waals surface area contributed by atoms with Crippen LogP contribution in [0.2, 0.25) is 0 Å². The van der Waals surface area contributed by atoms with Gasteiger partial charge in [0.2, 0.25) is 0 Å². The van der Waals surface area contributed by atoms with E-state index in [0.29, 0.717) is 0 Å². The maximum Gasteiger partial charge on any atom is -1.00 e. The van der Waals surface area contributed by atoms with Crippen molar-refractivity contribution >= 4 is 20.1 Å². The minimum Gasteiger partial charge on any atom is -1.00 e. The second-order valence-corrected chi connectivity index (χ2v) is 12.8. The molecule has 2 unspecified atom stereocenters. The van der Waals surface area contributed by atoms with Crippen LogP contribution >= 0.6 is 7.92 Å². The quantitative estimate of drug-likeness (QED) is 0.468. The Labute approximate surface area is 176 Å². The van der Waals surface area contributed by atoms with Gasteiger partial charge in [-0.25, -0.2) is 0 Å². The monoisotopic (exact) mass is 430 g/mol. The van der Waals surface area contributed by atoms with Crippen LogP contribution in [0.5, 0.6) is 0 Å². The molecule has 1 saturated heterocycles. The molecule has 0 nitrogen and oxygen atoms in total. The van der Waals surface area contributed by atoms with Crippen molar-refractivity contribution in [2.24, 2.45) is 0 Å². The van der Waals surface area contributed by atoms with Crippen LogP contribution in [-0.4, -0.2) is 6.16 Å². The van der Waals surface area contributed by atoms with Gasteiger partial charge in [0.1, 0.15) is 0 Å². The van der Waals surface area contributed by atoms with Crippen LogP contribution in [-0.2, 0) is 19.2 Å². The smallest absolute Gasteiger partial charge is 1.00 e. The van der Waals surface area contributed by atoms with E-state index in [0.717, 1.165) is 8.45 Å². The SMILES string of the molecule is CCP1C2=Cc3c(C)ccc(C)c3[CH]2[Ti+2][CH]2C1=Cc1c(C)ccc(C)c12.[F-].[F-]. The Bertz CT molecular complexity index is 942. The molecular weight excluding hydrogens is 405 g/mol. The number of halogens is 2. The summed E-state index contributed by atoms with van der Waals surface area (Å²) in [6.07, 6.45) is 6.52. The van der Waals surface area contributed by atoms with Crippen molar-refractivity contribution < 1.29 is 28.6 Å². The summed E-state index contributed by atoms with van der Waals surface area (Å²) in [7, 11) is -0.139. The number of hydrogen-bond acceptors (Lipinski definition) is 0. The zero-order valence-electron chi connectivity index (χ0n) is 17.0. The zero-order chi connectivity index (χ0) is 18.2. The van der Waals surface area contributed by atoms with Gasteiger partial charge in [-0.15, -0.1) is 0 Å². The second-order valence-electron chi connectivity index (χ2n) is 7.97. The van der Waals surface area contributed by atoms with Crippen LogP contribution in [0.3, 0.4) is 0 Å². The fourth-order valence-corrected chi connectivity index (χ4v) is 12.7. The topological polar surface area (TPSA) is 0 Å². The van der Waals surface area contributed by atoms with Gasteiger partial charge in [-0.2, -0.15) is 0 Å². The van der Waals surface area contributed by atoms with E-state index in [2.05, 4.69) is 71.0 Å². The number of allylic oxidation sites excluding steroid dienone is 2. The van der Waals surface area contributed by atoms with Gasteiger partial charge in [0.15, 0.2) is 0 Å². The van der Waals surface area contributed by atoms with Gasteiger partial charge < -0.3 is 9.41 Å². The summed E-state index contributed by atoms with van der Waals surface area (Å²) in [6.45, 7) is 11.7. The molecule has 0 saturated carbocycles. The summed E-state index contributed by atoms with van der Waals surface area (Å²) < 4.78 is 1.54. The van der Waals surface area contributed by atoms with E-state index in [1.165, 1.54) is 28.4 Å². The molecule has 5 rings (SSSR count). The van der Waals surface area contributed by atoms with Crippen molar-refractivity contribution in [1.82, 2.24) is 0 Å². The van der Waals surface area contributed by atoms with Crippen molar-refractivity contribution in [1.29, 1.82) is 0 Å². The average Bonchev–Trinajstić information content (AvgIpc) is 3.19. The number of hydrogen-bond donors (Lipinski definition) is 0. The molecule has 4 heteroatoms. The molecule has 1 aliphatic heterocycles. The van der Waals surface area contributed by atoms with Crippen molar-refractivity contribution in [2.75, 3.05) is 6.16 Å². The van der Waals surface area contributed by atoms with E-state index in [-0.39, 0.29) is 36.5 Å². The van der Waals surface area contributed by atoms with Crippen LogP contribution < -0.4 is 9.41 Å². The molecule has 2 aromatic rings. The fourth-order valence-electron chi connectivity index (χ4n) is 5.10. The summed E-state index contributed by atoms with van der Waals surface area (Å²) in [4.78, 5) is 0. The number of fused-ring (bicyclic) bond motifs is 6. The van der Waals surface area contributed by atoms with E-state index < -0.39 is 0 Å². The summed E-state index contributed by atoms with van der Waals surface area (Å²) in [5, 5.41) is 3.61. The van der Waals surface area contributed by atoms with E-state index in [1.807, 2.05) is 0 Å². The molecule has 1 heterocycles. The maximum atomic E-state index is 2.61. The van der Waals surface area contributed by atoms with Crippen LogP contribution in [0, 0.1) is 27.7 Å². The van der Waals surface area contributed by atoms with E-state index in [1.54, 1.807) is 32.9 Å². The summed E-state index contributed by atoms with van der Waals surface area (Å²) in [5.41, 5.74) is 12.5. The second kappa shape index (κ2) is 7.64. The average molecular weight is 430 g/mol. The summed E-state index contributed by atoms with van der Waals surface area (Å²) in [5.74, 6) is 0. The Morgan fingerprint density at radius 2 is 1.11 bits per heavy atom. The minimum atomic E-state index is -0.139. The molecule has 0 N–H and O–H groups in total. The predicted molar refractivity (Wildman–Crippen MR) is 111 cm³/mol. The van der Waals surface area contributed by atoms with Crippen molar-refractivity contribution in [2.45, 2.75) is 43.1 Å². The first-order valence-corrected chi connectivity index (χ1v) is 13.0. The van der Waals surface area contributed by atoms with Gasteiger partial charge in [0.05, 0.1) is 0 Å². The molecule has 0 radical (unpaired) electrons.